The molecule has 0 fully saturated rings. The molecular formula is C22H18Cl2F2N4O2. The summed E-state index contributed by atoms with van der Waals surface area (Å²) in [6.07, 6.45) is 2.57. The minimum atomic E-state index is -1.60. The molecule has 0 spiro atoms. The van der Waals surface area contributed by atoms with Crippen LogP contribution >= 0.6 is 23.2 Å². The van der Waals surface area contributed by atoms with Gasteiger partial charge in [0.05, 0.1) is 33.6 Å². The number of nitrogens with zero attached hydrogens (tertiary/aromatic N) is 4. The summed E-state index contributed by atoms with van der Waals surface area (Å²) in [5.41, 5.74) is -2.68. The average Bonchev–Trinajstić information content (AvgIpc) is 2.70. The number of halogens is 4. The second-order valence-electron chi connectivity index (χ2n) is 7.70. The van der Waals surface area contributed by atoms with Crippen LogP contribution in [0.1, 0.15) is 26.0 Å². The topological polar surface area (TPSA) is 80.7 Å². The number of hydrogen-bond acceptors (Lipinski definition) is 4. The molecule has 1 aromatic carbocycles. The molecule has 166 valence electrons. The monoisotopic (exact) mass is 478 g/mol. The molecule has 3 rings (SSSR count). The maximum absolute atomic E-state index is 14.3. The van der Waals surface area contributed by atoms with Crippen molar-refractivity contribution in [2.75, 3.05) is 0 Å². The smallest absolute Gasteiger partial charge is 0.283 e. The van der Waals surface area contributed by atoms with Crippen LogP contribution in [-0.2, 0) is 13.0 Å². The van der Waals surface area contributed by atoms with Crippen molar-refractivity contribution in [2.24, 2.45) is 0 Å². The Bertz CT molecular complexity index is 1340. The zero-order valence-corrected chi connectivity index (χ0v) is 18.7. The molecule has 0 N–H and O–H groups in total. The highest BCUT2D eigenvalue weighted by molar-refractivity contribution is 6.31. The molecule has 2 heterocycles. The quantitative estimate of drug-likeness (QED) is 0.513. The molecule has 32 heavy (non-hydrogen) atoms. The third kappa shape index (κ3) is 4.90. The molecule has 2 aromatic heterocycles. The van der Waals surface area contributed by atoms with Crippen molar-refractivity contribution in [1.82, 2.24) is 14.1 Å². The van der Waals surface area contributed by atoms with E-state index in [1.54, 1.807) is 0 Å². The van der Waals surface area contributed by atoms with E-state index in [9.17, 15) is 23.6 Å². The van der Waals surface area contributed by atoms with E-state index < -0.39 is 29.3 Å². The van der Waals surface area contributed by atoms with E-state index in [-0.39, 0.29) is 45.4 Å². The number of hydrogen-bond donors (Lipinski definition) is 0. The molecule has 0 saturated heterocycles. The van der Waals surface area contributed by atoms with Gasteiger partial charge in [0.1, 0.15) is 18.0 Å². The van der Waals surface area contributed by atoms with Crippen molar-refractivity contribution in [1.29, 1.82) is 5.26 Å². The zero-order valence-electron chi connectivity index (χ0n) is 17.2. The first-order chi connectivity index (χ1) is 15.0. The Morgan fingerprint density at radius 2 is 1.91 bits per heavy atom. The van der Waals surface area contributed by atoms with Crippen molar-refractivity contribution in [2.45, 2.75) is 38.9 Å². The van der Waals surface area contributed by atoms with Gasteiger partial charge in [-0.2, -0.15) is 5.26 Å². The summed E-state index contributed by atoms with van der Waals surface area (Å²) in [6, 6.07) is 6.95. The van der Waals surface area contributed by atoms with E-state index in [1.165, 1.54) is 44.4 Å². The Morgan fingerprint density at radius 1 is 1.19 bits per heavy atom. The molecule has 0 amide bonds. The Hall–Kier alpha value is -3.02. The van der Waals surface area contributed by atoms with Gasteiger partial charge in [0.2, 0.25) is 0 Å². The predicted molar refractivity (Wildman–Crippen MR) is 119 cm³/mol. The highest BCUT2D eigenvalue weighted by Crippen LogP contribution is 2.28. The van der Waals surface area contributed by atoms with Crippen molar-refractivity contribution in [3.8, 4) is 22.9 Å². The molecule has 0 atom stereocenters. The van der Waals surface area contributed by atoms with Crippen LogP contribution in [0.5, 0.6) is 0 Å². The van der Waals surface area contributed by atoms with Crippen molar-refractivity contribution in [3.05, 3.63) is 79.1 Å². The van der Waals surface area contributed by atoms with Crippen LogP contribution in [-0.4, -0.2) is 19.8 Å². The van der Waals surface area contributed by atoms with Crippen molar-refractivity contribution >= 4 is 23.2 Å². The van der Waals surface area contributed by atoms with Gasteiger partial charge in [0.25, 0.3) is 5.56 Å². The maximum Gasteiger partial charge on any atom is 0.336 e. The Labute approximate surface area is 192 Å². The second-order valence-corrected chi connectivity index (χ2v) is 8.54. The first-order valence-corrected chi connectivity index (χ1v) is 10.3. The molecule has 0 radical (unpaired) electrons. The van der Waals surface area contributed by atoms with Gasteiger partial charge in [0.15, 0.2) is 0 Å². The Balaban J connectivity index is 2.44. The summed E-state index contributed by atoms with van der Waals surface area (Å²) in [4.78, 5) is 30.7. The minimum Gasteiger partial charge on any atom is -0.283 e. The van der Waals surface area contributed by atoms with E-state index in [1.807, 2.05) is 6.07 Å². The van der Waals surface area contributed by atoms with Crippen molar-refractivity contribution in [3.63, 3.8) is 0 Å². The molecule has 3 aromatic rings. The third-order valence-electron chi connectivity index (χ3n) is 4.80. The fourth-order valence-corrected chi connectivity index (χ4v) is 3.64. The van der Waals surface area contributed by atoms with Gasteiger partial charge >= 0.3 is 5.69 Å². The van der Waals surface area contributed by atoms with E-state index >= 15 is 0 Å². The van der Waals surface area contributed by atoms with Crippen LogP contribution in [0.4, 0.5) is 8.78 Å². The van der Waals surface area contributed by atoms with Crippen LogP contribution < -0.4 is 11.2 Å². The van der Waals surface area contributed by atoms with Crippen LogP contribution in [0.25, 0.3) is 16.8 Å². The number of aromatic nitrogens is 3. The first-order valence-electron chi connectivity index (χ1n) is 9.54. The van der Waals surface area contributed by atoms with Gasteiger partial charge in [-0.25, -0.2) is 18.1 Å². The molecule has 10 heteroatoms. The lowest BCUT2D eigenvalue weighted by atomic mass is 9.97. The lowest BCUT2D eigenvalue weighted by molar-refractivity contribution is 0.201. The summed E-state index contributed by atoms with van der Waals surface area (Å²) in [5.74, 6) is -0.688. The number of benzene rings is 1. The van der Waals surface area contributed by atoms with E-state index in [0.29, 0.717) is 0 Å². The molecule has 6 nitrogen and oxygen atoms in total. The Morgan fingerprint density at radius 3 is 2.50 bits per heavy atom. The summed E-state index contributed by atoms with van der Waals surface area (Å²) in [5, 5.41) is 9.30. The molecular weight excluding hydrogens is 461 g/mol. The fourth-order valence-electron chi connectivity index (χ4n) is 3.29. The number of nitriles is 1. The van der Waals surface area contributed by atoms with E-state index in [2.05, 4.69) is 4.98 Å². The van der Waals surface area contributed by atoms with Crippen LogP contribution in [0.2, 0.25) is 10.0 Å². The van der Waals surface area contributed by atoms with Gasteiger partial charge in [0, 0.05) is 11.9 Å². The average molecular weight is 479 g/mol. The van der Waals surface area contributed by atoms with E-state index in [0.717, 1.165) is 15.2 Å². The number of rotatable bonds is 6. The Kier molecular flexibility index (Phi) is 6.82. The SMILES string of the molecule is CC(C)(F)CCc1c(-c2ccc(F)c(Cl)c2)c(=O)n(-c2cncc(Cl)c2)c(=O)n1CC#N. The van der Waals surface area contributed by atoms with Gasteiger partial charge in [-0.15, -0.1) is 0 Å². The van der Waals surface area contributed by atoms with Crippen molar-refractivity contribution < 1.29 is 8.78 Å². The highest BCUT2D eigenvalue weighted by atomic mass is 35.5. The fraction of sp³-hybridized carbons (Fsp3) is 0.273. The third-order valence-corrected chi connectivity index (χ3v) is 5.29. The normalized spacial score (nSPS) is 11.4. The molecule has 0 aliphatic heterocycles. The predicted octanol–water partition coefficient (Wildman–Crippen LogP) is 4.71. The van der Waals surface area contributed by atoms with Crippen LogP contribution in [0, 0.1) is 17.1 Å². The summed E-state index contributed by atoms with van der Waals surface area (Å²) in [6.45, 7) is 2.34. The van der Waals surface area contributed by atoms with Gasteiger partial charge in [-0.3, -0.25) is 14.3 Å². The molecule has 0 aliphatic carbocycles. The van der Waals surface area contributed by atoms with Crippen LogP contribution in [0.3, 0.4) is 0 Å². The highest BCUT2D eigenvalue weighted by Gasteiger charge is 2.25. The van der Waals surface area contributed by atoms with E-state index in [4.69, 9.17) is 23.2 Å². The molecule has 0 unspecified atom stereocenters. The minimum absolute atomic E-state index is 0.00553. The maximum atomic E-state index is 14.3. The first kappa shape index (κ1) is 23.6. The van der Waals surface area contributed by atoms with Gasteiger partial charge in [-0.05, 0) is 50.5 Å². The van der Waals surface area contributed by atoms with Gasteiger partial charge in [-0.1, -0.05) is 29.3 Å². The summed E-state index contributed by atoms with van der Waals surface area (Å²) >= 11 is 11.9. The summed E-state index contributed by atoms with van der Waals surface area (Å²) < 4.78 is 30.0. The second kappa shape index (κ2) is 9.23. The summed E-state index contributed by atoms with van der Waals surface area (Å²) in [7, 11) is 0. The van der Waals surface area contributed by atoms with Gasteiger partial charge < -0.3 is 0 Å². The standard InChI is InChI=1S/C22H18Cl2F2N4O2/c1-22(2,26)6-5-18-19(13-3-4-17(25)16(24)9-13)20(31)30(21(32)29(18)8-7-27)15-10-14(23)11-28-12-15/h3-4,9-12H,5-6,8H2,1-2H3. The molecule has 0 aliphatic rings. The molecule has 0 bridgehead atoms. The lowest BCUT2D eigenvalue weighted by Gasteiger charge is -2.20. The number of alkyl halides is 1. The lowest BCUT2D eigenvalue weighted by Crippen LogP contribution is -2.42. The zero-order chi connectivity index (χ0) is 23.6. The largest absolute Gasteiger partial charge is 0.336 e. The van der Waals surface area contributed by atoms with Crippen LogP contribution in [0.15, 0.2) is 46.2 Å². The number of pyridine rings is 1. The molecule has 0 saturated carbocycles.